The first-order valence-corrected chi connectivity index (χ1v) is 7.85. The van der Waals surface area contributed by atoms with E-state index in [9.17, 15) is 9.59 Å². The van der Waals surface area contributed by atoms with E-state index in [0.29, 0.717) is 31.7 Å². The van der Waals surface area contributed by atoms with Crippen molar-refractivity contribution in [3.63, 3.8) is 0 Å². The van der Waals surface area contributed by atoms with Crippen LogP contribution in [0.25, 0.3) is 0 Å². The molecule has 1 heterocycles. The van der Waals surface area contributed by atoms with Crippen molar-refractivity contribution in [1.29, 1.82) is 0 Å². The van der Waals surface area contributed by atoms with Gasteiger partial charge in [0.2, 0.25) is 11.8 Å². The van der Waals surface area contributed by atoms with Crippen LogP contribution in [0, 0.1) is 5.41 Å². The van der Waals surface area contributed by atoms with E-state index in [4.69, 9.17) is 4.42 Å². The van der Waals surface area contributed by atoms with E-state index in [-0.39, 0.29) is 11.8 Å². The number of anilines is 1. The molecular weight excluding hydrogens is 292 g/mol. The summed E-state index contributed by atoms with van der Waals surface area (Å²) in [5, 5.41) is 2.82. The first kappa shape index (κ1) is 15.3. The second kappa shape index (κ2) is 6.28. The van der Waals surface area contributed by atoms with Gasteiger partial charge in [0.25, 0.3) is 0 Å². The molecule has 0 aliphatic heterocycles. The third-order valence-electron chi connectivity index (χ3n) is 4.23. The van der Waals surface area contributed by atoms with Crippen LogP contribution in [0.5, 0.6) is 0 Å². The number of furan rings is 1. The lowest BCUT2D eigenvalue weighted by atomic mass is 10.0. The Morgan fingerprint density at radius 3 is 2.48 bits per heavy atom. The van der Waals surface area contributed by atoms with Crippen LogP contribution < -0.4 is 10.2 Å². The zero-order chi connectivity index (χ0) is 16.3. The number of nitrogens with one attached hydrogen (secondary N) is 1. The molecule has 0 radical (unpaired) electrons. The minimum Gasteiger partial charge on any atom is -0.467 e. The van der Waals surface area contributed by atoms with E-state index in [1.54, 1.807) is 23.3 Å². The summed E-state index contributed by atoms with van der Waals surface area (Å²) in [5.41, 5.74) is -0.0940. The highest BCUT2D eigenvalue weighted by molar-refractivity contribution is 6.14. The van der Waals surface area contributed by atoms with Crippen LogP contribution in [0.1, 0.15) is 25.5 Å². The smallest absolute Gasteiger partial charge is 0.242 e. The van der Waals surface area contributed by atoms with Crippen molar-refractivity contribution in [1.82, 2.24) is 5.32 Å². The zero-order valence-corrected chi connectivity index (χ0v) is 13.1. The van der Waals surface area contributed by atoms with Gasteiger partial charge in [-0.2, -0.15) is 0 Å². The molecule has 0 saturated heterocycles. The molecule has 2 aromatic rings. The maximum atomic E-state index is 12.9. The molecule has 5 nitrogen and oxygen atoms in total. The molecule has 1 aromatic heterocycles. The Labute approximate surface area is 135 Å². The van der Waals surface area contributed by atoms with Gasteiger partial charge in [0.1, 0.15) is 11.2 Å². The lowest BCUT2D eigenvalue weighted by Crippen LogP contribution is -2.45. The van der Waals surface area contributed by atoms with Crippen molar-refractivity contribution in [2.45, 2.75) is 26.3 Å². The fourth-order valence-electron chi connectivity index (χ4n) is 2.72. The molecule has 0 bridgehead atoms. The molecule has 1 aliphatic rings. The average Bonchev–Trinajstić information content (AvgIpc) is 3.23. The van der Waals surface area contributed by atoms with Crippen LogP contribution in [-0.4, -0.2) is 18.4 Å². The Balaban J connectivity index is 1.71. The number of para-hydroxylation sites is 1. The summed E-state index contributed by atoms with van der Waals surface area (Å²) < 4.78 is 5.21. The third-order valence-corrected chi connectivity index (χ3v) is 4.23. The molecule has 2 amide bonds. The monoisotopic (exact) mass is 312 g/mol. The van der Waals surface area contributed by atoms with E-state index in [2.05, 4.69) is 5.32 Å². The molecule has 0 unspecified atom stereocenters. The molecule has 23 heavy (non-hydrogen) atoms. The number of nitrogens with zero attached hydrogens (tertiary/aromatic N) is 1. The van der Waals surface area contributed by atoms with Gasteiger partial charge in [0.15, 0.2) is 0 Å². The molecular formula is C18H20N2O3. The SMILES string of the molecule is CCN(C(=O)C1(C(=O)NCc2ccco2)CC1)c1ccccc1. The second-order valence-corrected chi connectivity index (χ2v) is 5.73. The summed E-state index contributed by atoms with van der Waals surface area (Å²) in [5.74, 6) is 0.341. The Morgan fingerprint density at radius 1 is 1.17 bits per heavy atom. The number of hydrogen-bond acceptors (Lipinski definition) is 3. The predicted octanol–water partition coefficient (Wildman–Crippen LogP) is 2.73. The molecule has 1 saturated carbocycles. The number of benzene rings is 1. The molecule has 120 valence electrons. The van der Waals surface area contributed by atoms with Gasteiger partial charge in [-0.05, 0) is 44.0 Å². The normalized spacial score (nSPS) is 15.0. The van der Waals surface area contributed by atoms with Gasteiger partial charge in [-0.25, -0.2) is 0 Å². The standard InChI is InChI=1S/C18H20N2O3/c1-2-20(14-7-4-3-5-8-14)17(22)18(10-11-18)16(21)19-13-15-9-6-12-23-15/h3-9,12H,2,10-11,13H2,1H3,(H,19,21). The highest BCUT2D eigenvalue weighted by atomic mass is 16.3. The van der Waals surface area contributed by atoms with Crippen molar-refractivity contribution >= 4 is 17.5 Å². The quantitative estimate of drug-likeness (QED) is 0.834. The topological polar surface area (TPSA) is 62.6 Å². The van der Waals surface area contributed by atoms with E-state index in [0.717, 1.165) is 5.69 Å². The van der Waals surface area contributed by atoms with Crippen LogP contribution in [0.15, 0.2) is 53.1 Å². The molecule has 0 atom stereocenters. The van der Waals surface area contributed by atoms with E-state index in [1.807, 2.05) is 37.3 Å². The summed E-state index contributed by atoms with van der Waals surface area (Å²) in [7, 11) is 0. The lowest BCUT2D eigenvalue weighted by Gasteiger charge is -2.25. The van der Waals surface area contributed by atoms with Gasteiger partial charge in [-0.3, -0.25) is 9.59 Å². The van der Waals surface area contributed by atoms with Gasteiger partial charge >= 0.3 is 0 Å². The number of carbonyl (C=O) groups excluding carboxylic acids is 2. The van der Waals surface area contributed by atoms with E-state index >= 15 is 0 Å². The van der Waals surface area contributed by atoms with E-state index < -0.39 is 5.41 Å². The molecule has 1 N–H and O–H groups in total. The summed E-state index contributed by atoms with van der Waals surface area (Å²) in [6.45, 7) is 2.76. The highest BCUT2D eigenvalue weighted by Gasteiger charge is 2.58. The van der Waals surface area contributed by atoms with Crippen LogP contribution in [0.2, 0.25) is 0 Å². The van der Waals surface area contributed by atoms with Crippen LogP contribution in [0.4, 0.5) is 5.69 Å². The largest absolute Gasteiger partial charge is 0.467 e. The van der Waals surface area contributed by atoms with Gasteiger partial charge < -0.3 is 14.6 Å². The number of carbonyl (C=O) groups is 2. The molecule has 1 aliphatic carbocycles. The van der Waals surface area contributed by atoms with Crippen molar-refractivity contribution in [3.8, 4) is 0 Å². The van der Waals surface area contributed by atoms with Gasteiger partial charge in [0.05, 0.1) is 12.8 Å². The first-order chi connectivity index (χ1) is 11.2. The van der Waals surface area contributed by atoms with Gasteiger partial charge in [-0.1, -0.05) is 18.2 Å². The van der Waals surface area contributed by atoms with Crippen LogP contribution in [-0.2, 0) is 16.1 Å². The Hall–Kier alpha value is -2.56. The van der Waals surface area contributed by atoms with Crippen molar-refractivity contribution in [2.24, 2.45) is 5.41 Å². The molecule has 5 heteroatoms. The maximum Gasteiger partial charge on any atom is 0.242 e. The first-order valence-electron chi connectivity index (χ1n) is 7.85. The number of hydrogen-bond donors (Lipinski definition) is 1. The lowest BCUT2D eigenvalue weighted by molar-refractivity contribution is -0.135. The highest BCUT2D eigenvalue weighted by Crippen LogP contribution is 2.48. The van der Waals surface area contributed by atoms with Crippen molar-refractivity contribution < 1.29 is 14.0 Å². The summed E-state index contributed by atoms with van der Waals surface area (Å²) in [6.07, 6.45) is 2.76. The Bertz CT molecular complexity index is 676. The molecule has 0 spiro atoms. The second-order valence-electron chi connectivity index (χ2n) is 5.73. The maximum absolute atomic E-state index is 12.9. The molecule has 1 fully saturated rings. The fraction of sp³-hybridized carbons (Fsp3) is 0.333. The zero-order valence-electron chi connectivity index (χ0n) is 13.1. The van der Waals surface area contributed by atoms with E-state index in [1.165, 1.54) is 0 Å². The summed E-state index contributed by atoms with van der Waals surface area (Å²) >= 11 is 0. The van der Waals surface area contributed by atoms with Gasteiger partial charge in [0, 0.05) is 12.2 Å². The summed E-state index contributed by atoms with van der Waals surface area (Å²) in [4.78, 5) is 27.1. The minimum atomic E-state index is -0.918. The Morgan fingerprint density at radius 2 is 1.91 bits per heavy atom. The molecule has 3 rings (SSSR count). The summed E-state index contributed by atoms with van der Waals surface area (Å²) in [6, 6.07) is 13.0. The van der Waals surface area contributed by atoms with Crippen LogP contribution >= 0.6 is 0 Å². The predicted molar refractivity (Wildman–Crippen MR) is 86.7 cm³/mol. The van der Waals surface area contributed by atoms with Gasteiger partial charge in [-0.15, -0.1) is 0 Å². The van der Waals surface area contributed by atoms with Crippen LogP contribution in [0.3, 0.4) is 0 Å². The molecule has 1 aromatic carbocycles. The van der Waals surface area contributed by atoms with Crippen molar-refractivity contribution in [3.05, 3.63) is 54.5 Å². The number of rotatable bonds is 6. The Kier molecular flexibility index (Phi) is 4.19. The average molecular weight is 312 g/mol. The number of amides is 2. The minimum absolute atomic E-state index is 0.122. The fourth-order valence-corrected chi connectivity index (χ4v) is 2.72. The third kappa shape index (κ3) is 2.99. The van der Waals surface area contributed by atoms with Crippen molar-refractivity contribution in [2.75, 3.05) is 11.4 Å².